The molecule has 2 heterocycles. The van der Waals surface area contributed by atoms with Gasteiger partial charge in [-0.2, -0.15) is 13.2 Å². The van der Waals surface area contributed by atoms with E-state index in [2.05, 4.69) is 9.97 Å². The van der Waals surface area contributed by atoms with Crippen LogP contribution < -0.4 is 4.90 Å². The van der Waals surface area contributed by atoms with Crippen LogP contribution in [-0.4, -0.2) is 47.0 Å². The Morgan fingerprint density at radius 1 is 1.11 bits per heavy atom. The Hall–Kier alpha value is -2.61. The SMILES string of the molecule is O=C(/C=C/c1ccc(Cl)c(C(F)(F)F)c1)N1CCN(c2ncccn2)CC1. The Labute approximate surface area is 159 Å². The third-order valence-corrected chi connectivity index (χ3v) is 4.47. The maximum Gasteiger partial charge on any atom is 0.417 e. The second kappa shape index (κ2) is 7.96. The van der Waals surface area contributed by atoms with E-state index in [0.29, 0.717) is 32.1 Å². The van der Waals surface area contributed by atoms with Crippen molar-refractivity contribution >= 4 is 29.5 Å². The summed E-state index contributed by atoms with van der Waals surface area (Å²) < 4.78 is 38.7. The van der Waals surface area contributed by atoms with Crippen LogP contribution in [0.3, 0.4) is 0 Å². The molecule has 0 atom stereocenters. The molecule has 0 spiro atoms. The van der Waals surface area contributed by atoms with Gasteiger partial charge in [0.2, 0.25) is 11.9 Å². The lowest BCUT2D eigenvalue weighted by atomic mass is 10.1. The van der Waals surface area contributed by atoms with Gasteiger partial charge in [-0.15, -0.1) is 0 Å². The number of halogens is 4. The zero-order valence-electron chi connectivity index (χ0n) is 14.2. The predicted molar refractivity (Wildman–Crippen MR) is 96.3 cm³/mol. The van der Waals surface area contributed by atoms with Crippen LogP contribution in [0.1, 0.15) is 11.1 Å². The molecule has 0 saturated carbocycles. The molecule has 142 valence electrons. The first-order valence-corrected chi connectivity index (χ1v) is 8.58. The van der Waals surface area contributed by atoms with Crippen molar-refractivity contribution in [1.82, 2.24) is 14.9 Å². The lowest BCUT2D eigenvalue weighted by Gasteiger charge is -2.34. The Morgan fingerprint density at radius 2 is 1.78 bits per heavy atom. The van der Waals surface area contributed by atoms with Gasteiger partial charge in [-0.3, -0.25) is 4.79 Å². The van der Waals surface area contributed by atoms with Crippen LogP contribution >= 0.6 is 11.6 Å². The van der Waals surface area contributed by atoms with E-state index in [1.807, 2.05) is 4.90 Å². The third-order valence-electron chi connectivity index (χ3n) is 4.14. The fraction of sp³-hybridized carbons (Fsp3) is 0.278. The Kier molecular flexibility index (Phi) is 5.65. The summed E-state index contributed by atoms with van der Waals surface area (Å²) in [5.74, 6) is 0.355. The molecule has 1 aromatic heterocycles. The molecule has 1 amide bonds. The molecule has 27 heavy (non-hydrogen) atoms. The number of piperazine rings is 1. The molecule has 1 fully saturated rings. The molecule has 9 heteroatoms. The first kappa shape index (κ1) is 19.2. The molecular formula is C18H16ClF3N4O. The van der Waals surface area contributed by atoms with E-state index in [4.69, 9.17) is 11.6 Å². The second-order valence-electron chi connectivity index (χ2n) is 5.93. The molecule has 2 aromatic rings. The van der Waals surface area contributed by atoms with Crippen LogP contribution in [0, 0.1) is 0 Å². The van der Waals surface area contributed by atoms with Crippen LogP contribution in [0.5, 0.6) is 0 Å². The summed E-state index contributed by atoms with van der Waals surface area (Å²) in [6.45, 7) is 2.14. The standard InChI is InChI=1S/C18H16ClF3N4O/c19-15-4-2-13(12-14(15)18(20,21)22)3-5-16(27)25-8-10-26(11-9-25)17-23-6-1-7-24-17/h1-7,12H,8-11H2/b5-3+. The second-order valence-corrected chi connectivity index (χ2v) is 6.34. The van der Waals surface area contributed by atoms with Crippen molar-refractivity contribution in [2.45, 2.75) is 6.18 Å². The number of alkyl halides is 3. The van der Waals surface area contributed by atoms with E-state index in [9.17, 15) is 18.0 Å². The number of aromatic nitrogens is 2. The van der Waals surface area contributed by atoms with E-state index >= 15 is 0 Å². The fourth-order valence-electron chi connectivity index (χ4n) is 2.72. The number of benzene rings is 1. The maximum atomic E-state index is 12.9. The van der Waals surface area contributed by atoms with Gasteiger partial charge in [0.15, 0.2) is 0 Å². The first-order chi connectivity index (χ1) is 12.8. The van der Waals surface area contributed by atoms with E-state index in [0.717, 1.165) is 6.07 Å². The van der Waals surface area contributed by atoms with E-state index in [1.54, 1.807) is 23.4 Å². The Balaban J connectivity index is 1.61. The number of rotatable bonds is 3. The van der Waals surface area contributed by atoms with Crippen molar-refractivity contribution in [2.24, 2.45) is 0 Å². The monoisotopic (exact) mass is 396 g/mol. The van der Waals surface area contributed by atoms with Gasteiger partial charge in [0.1, 0.15) is 0 Å². The average molecular weight is 397 g/mol. The summed E-state index contributed by atoms with van der Waals surface area (Å²) in [6.07, 6.45) is 1.41. The quantitative estimate of drug-likeness (QED) is 0.745. The Bertz CT molecular complexity index is 834. The van der Waals surface area contributed by atoms with E-state index in [-0.39, 0.29) is 16.5 Å². The third kappa shape index (κ3) is 4.77. The number of hydrogen-bond acceptors (Lipinski definition) is 4. The summed E-state index contributed by atoms with van der Waals surface area (Å²) in [4.78, 5) is 24.3. The van der Waals surface area contributed by atoms with Gasteiger partial charge in [-0.05, 0) is 29.8 Å². The highest BCUT2D eigenvalue weighted by Crippen LogP contribution is 2.35. The number of hydrogen-bond donors (Lipinski definition) is 0. The maximum absolute atomic E-state index is 12.9. The van der Waals surface area contributed by atoms with Crippen molar-refractivity contribution in [2.75, 3.05) is 31.1 Å². The predicted octanol–water partition coefficient (Wildman–Crippen LogP) is 3.51. The van der Waals surface area contributed by atoms with Crippen LogP contribution in [-0.2, 0) is 11.0 Å². The summed E-state index contributed by atoms with van der Waals surface area (Å²) in [5, 5.41) is -0.370. The van der Waals surface area contributed by atoms with Crippen molar-refractivity contribution in [3.8, 4) is 0 Å². The minimum absolute atomic E-state index is 0.257. The minimum Gasteiger partial charge on any atom is -0.337 e. The minimum atomic E-state index is -4.54. The summed E-state index contributed by atoms with van der Waals surface area (Å²) in [7, 11) is 0. The lowest BCUT2D eigenvalue weighted by Crippen LogP contribution is -2.48. The van der Waals surface area contributed by atoms with Crippen molar-refractivity contribution in [3.05, 3.63) is 58.9 Å². The zero-order chi connectivity index (χ0) is 19.4. The average Bonchev–Trinajstić information content (AvgIpc) is 2.67. The van der Waals surface area contributed by atoms with Gasteiger partial charge in [0, 0.05) is 44.6 Å². The molecule has 1 aliphatic heterocycles. The molecule has 0 radical (unpaired) electrons. The highest BCUT2D eigenvalue weighted by atomic mass is 35.5. The largest absolute Gasteiger partial charge is 0.417 e. The normalized spacial score (nSPS) is 15.4. The van der Waals surface area contributed by atoms with E-state index in [1.165, 1.54) is 24.3 Å². The summed E-state index contributed by atoms with van der Waals surface area (Å²) in [6, 6.07) is 5.27. The van der Waals surface area contributed by atoms with Crippen LogP contribution in [0.4, 0.5) is 19.1 Å². The topological polar surface area (TPSA) is 49.3 Å². The van der Waals surface area contributed by atoms with Gasteiger partial charge < -0.3 is 9.80 Å². The van der Waals surface area contributed by atoms with Gasteiger partial charge in [0.05, 0.1) is 10.6 Å². The number of carbonyl (C=O) groups excluding carboxylic acids is 1. The highest BCUT2D eigenvalue weighted by molar-refractivity contribution is 6.31. The number of carbonyl (C=O) groups is 1. The molecule has 0 aliphatic carbocycles. The summed E-state index contributed by atoms with van der Waals surface area (Å²) in [5.41, 5.74) is -0.661. The molecule has 0 bridgehead atoms. The van der Waals surface area contributed by atoms with Crippen molar-refractivity contribution < 1.29 is 18.0 Å². The van der Waals surface area contributed by atoms with Crippen molar-refractivity contribution in [1.29, 1.82) is 0 Å². The van der Waals surface area contributed by atoms with Gasteiger partial charge in [0.25, 0.3) is 0 Å². The summed E-state index contributed by atoms with van der Waals surface area (Å²) >= 11 is 5.60. The van der Waals surface area contributed by atoms with Crippen LogP contribution in [0.25, 0.3) is 6.08 Å². The molecule has 0 unspecified atom stereocenters. The van der Waals surface area contributed by atoms with E-state index < -0.39 is 11.7 Å². The fourth-order valence-corrected chi connectivity index (χ4v) is 2.94. The number of anilines is 1. The van der Waals surface area contributed by atoms with Gasteiger partial charge >= 0.3 is 6.18 Å². The Morgan fingerprint density at radius 3 is 2.41 bits per heavy atom. The molecule has 5 nitrogen and oxygen atoms in total. The zero-order valence-corrected chi connectivity index (χ0v) is 14.9. The molecule has 3 rings (SSSR count). The molecule has 1 aliphatic rings. The number of nitrogens with zero attached hydrogens (tertiary/aromatic N) is 4. The number of amides is 1. The molecule has 1 saturated heterocycles. The molecular weight excluding hydrogens is 381 g/mol. The van der Waals surface area contributed by atoms with Gasteiger partial charge in [-0.1, -0.05) is 17.7 Å². The smallest absolute Gasteiger partial charge is 0.337 e. The van der Waals surface area contributed by atoms with Crippen LogP contribution in [0.2, 0.25) is 5.02 Å². The van der Waals surface area contributed by atoms with Gasteiger partial charge in [-0.25, -0.2) is 9.97 Å². The lowest BCUT2D eigenvalue weighted by molar-refractivity contribution is -0.137. The molecule has 1 aromatic carbocycles. The first-order valence-electron chi connectivity index (χ1n) is 8.20. The van der Waals surface area contributed by atoms with Crippen molar-refractivity contribution in [3.63, 3.8) is 0 Å². The highest BCUT2D eigenvalue weighted by Gasteiger charge is 2.33. The van der Waals surface area contributed by atoms with Crippen LogP contribution in [0.15, 0.2) is 42.7 Å². The molecule has 0 N–H and O–H groups in total.